The van der Waals surface area contributed by atoms with E-state index in [2.05, 4.69) is 20.7 Å². The number of sulfonamides is 1. The number of carbonyl (C=O) groups excluding carboxylic acids is 1. The molecule has 1 N–H and O–H groups in total. The first kappa shape index (κ1) is 17.6. The number of ether oxygens (including phenoxy) is 1. The van der Waals surface area contributed by atoms with Gasteiger partial charge in [-0.25, -0.2) is 17.5 Å². The molecule has 0 radical (unpaired) electrons. The molecular weight excluding hydrogens is 366 g/mol. The Morgan fingerprint density at radius 1 is 1.38 bits per heavy atom. The predicted molar refractivity (Wildman–Crippen MR) is 77.6 cm³/mol. The average Bonchev–Trinajstić information content (AvgIpc) is 2.44. The number of aromatic carboxylic acids is 1. The minimum absolute atomic E-state index is 0.0707. The second-order valence-corrected chi connectivity index (χ2v) is 6.97. The summed E-state index contributed by atoms with van der Waals surface area (Å²) < 4.78 is 30.4. The van der Waals surface area contributed by atoms with Gasteiger partial charge in [0.2, 0.25) is 10.0 Å². The Kier molecular flexibility index (Phi) is 5.87. The van der Waals surface area contributed by atoms with Gasteiger partial charge in [0.05, 0.1) is 24.0 Å². The van der Waals surface area contributed by atoms with Crippen LogP contribution in [0.3, 0.4) is 0 Å². The Labute approximate surface area is 130 Å². The topological polar surface area (TPSA) is 101 Å². The third-order valence-corrected chi connectivity index (χ3v) is 5.58. The lowest BCUT2D eigenvalue weighted by atomic mass is 10.2. The van der Waals surface area contributed by atoms with Crippen LogP contribution in [-0.2, 0) is 19.6 Å². The first-order valence-corrected chi connectivity index (χ1v) is 7.99. The maximum absolute atomic E-state index is 12.4. The highest BCUT2D eigenvalue weighted by Gasteiger charge is 2.25. The zero-order valence-electron chi connectivity index (χ0n) is 11.4. The van der Waals surface area contributed by atoms with E-state index >= 15 is 0 Å². The number of hydrogen-bond donors (Lipinski definition) is 1. The van der Waals surface area contributed by atoms with Gasteiger partial charge in [-0.15, -0.1) is 0 Å². The number of carboxylic acids is 1. The van der Waals surface area contributed by atoms with Crippen molar-refractivity contribution in [3.63, 3.8) is 0 Å². The maximum atomic E-state index is 12.4. The normalized spacial score (nSPS) is 11.4. The molecule has 0 aromatic heterocycles. The van der Waals surface area contributed by atoms with Gasteiger partial charge in [0, 0.05) is 18.1 Å². The van der Waals surface area contributed by atoms with Crippen LogP contribution in [0.15, 0.2) is 27.6 Å². The van der Waals surface area contributed by atoms with Crippen LogP contribution >= 0.6 is 15.9 Å². The highest BCUT2D eigenvalue weighted by Crippen LogP contribution is 2.26. The molecule has 0 saturated carbocycles. The lowest BCUT2D eigenvalue weighted by Gasteiger charge is -2.17. The summed E-state index contributed by atoms with van der Waals surface area (Å²) in [6.45, 7) is -0.0707. The molecule has 1 aromatic carbocycles. The number of benzene rings is 1. The fraction of sp³-hybridized carbons (Fsp3) is 0.333. The number of carboxylic acid groups (broad SMARTS) is 1. The van der Waals surface area contributed by atoms with E-state index in [-0.39, 0.29) is 27.9 Å². The first-order chi connectivity index (χ1) is 9.70. The molecule has 7 nitrogen and oxygen atoms in total. The minimum Gasteiger partial charge on any atom is -0.478 e. The zero-order valence-corrected chi connectivity index (χ0v) is 13.8. The molecule has 21 heavy (non-hydrogen) atoms. The van der Waals surface area contributed by atoms with Crippen molar-refractivity contribution in [1.82, 2.24) is 4.31 Å². The largest absolute Gasteiger partial charge is 0.478 e. The van der Waals surface area contributed by atoms with Crippen molar-refractivity contribution >= 4 is 37.9 Å². The van der Waals surface area contributed by atoms with Gasteiger partial charge in [0.1, 0.15) is 0 Å². The molecule has 0 aliphatic carbocycles. The second-order valence-electron chi connectivity index (χ2n) is 4.10. The average molecular weight is 380 g/mol. The van der Waals surface area contributed by atoms with Crippen LogP contribution in [0, 0.1) is 0 Å². The third-order valence-electron chi connectivity index (χ3n) is 2.72. The number of halogens is 1. The molecule has 1 rings (SSSR count). The van der Waals surface area contributed by atoms with Gasteiger partial charge in [-0.1, -0.05) is 0 Å². The van der Waals surface area contributed by atoms with E-state index in [1.807, 2.05) is 0 Å². The van der Waals surface area contributed by atoms with Gasteiger partial charge < -0.3 is 9.84 Å². The quantitative estimate of drug-likeness (QED) is 0.748. The number of nitrogens with zero attached hydrogens (tertiary/aromatic N) is 1. The molecule has 0 amide bonds. The van der Waals surface area contributed by atoms with Crippen LogP contribution < -0.4 is 0 Å². The van der Waals surface area contributed by atoms with Crippen molar-refractivity contribution in [2.75, 3.05) is 20.7 Å². The maximum Gasteiger partial charge on any atom is 0.335 e. The van der Waals surface area contributed by atoms with Crippen LogP contribution in [0.25, 0.3) is 0 Å². The standard InChI is InChI=1S/C12H14BrNO6S/c1-14(6-5-11(15)20-2)21(18,19)10-7-8(12(16)17)3-4-9(10)13/h3-4,7H,5-6H2,1-2H3,(H,16,17). The smallest absolute Gasteiger partial charge is 0.335 e. The van der Waals surface area contributed by atoms with Gasteiger partial charge in [0.25, 0.3) is 0 Å². The van der Waals surface area contributed by atoms with Crippen molar-refractivity contribution in [3.05, 3.63) is 28.2 Å². The molecule has 0 bridgehead atoms. The molecular formula is C12H14BrNO6S. The van der Waals surface area contributed by atoms with Gasteiger partial charge in [0.15, 0.2) is 0 Å². The summed E-state index contributed by atoms with van der Waals surface area (Å²) in [5.74, 6) is -1.76. The molecule has 0 unspecified atom stereocenters. The molecule has 0 saturated heterocycles. The summed E-state index contributed by atoms with van der Waals surface area (Å²) >= 11 is 3.09. The summed E-state index contributed by atoms with van der Waals surface area (Å²) in [5, 5.41) is 8.93. The molecule has 116 valence electrons. The Bertz CT molecular complexity index is 658. The SMILES string of the molecule is COC(=O)CCN(C)S(=O)(=O)c1cc(C(=O)O)ccc1Br. The summed E-state index contributed by atoms with van der Waals surface area (Å²) in [6.07, 6.45) is -0.0948. The van der Waals surface area contributed by atoms with Crippen LogP contribution in [-0.4, -0.2) is 50.5 Å². The Morgan fingerprint density at radius 2 is 2.00 bits per heavy atom. The molecule has 0 spiro atoms. The third kappa shape index (κ3) is 4.26. The number of esters is 1. The van der Waals surface area contributed by atoms with Gasteiger partial charge in [-0.2, -0.15) is 0 Å². The monoisotopic (exact) mass is 379 g/mol. The van der Waals surface area contributed by atoms with E-state index in [0.29, 0.717) is 0 Å². The van der Waals surface area contributed by atoms with E-state index in [0.717, 1.165) is 10.4 Å². The molecule has 0 atom stereocenters. The molecule has 9 heteroatoms. The van der Waals surface area contributed by atoms with Crippen molar-refractivity contribution in [1.29, 1.82) is 0 Å². The van der Waals surface area contributed by atoms with Crippen LogP contribution in [0.4, 0.5) is 0 Å². The predicted octanol–water partition coefficient (Wildman–Crippen LogP) is 1.33. The van der Waals surface area contributed by atoms with Crippen LogP contribution in [0.1, 0.15) is 16.8 Å². The summed E-state index contributed by atoms with van der Waals surface area (Å²) in [7, 11) is -1.40. The Hall–Kier alpha value is -1.45. The van der Waals surface area contributed by atoms with Gasteiger partial charge >= 0.3 is 11.9 Å². The molecule has 0 heterocycles. The zero-order chi connectivity index (χ0) is 16.2. The van der Waals surface area contributed by atoms with Crippen LogP contribution in [0.2, 0.25) is 0 Å². The van der Waals surface area contributed by atoms with E-state index in [1.165, 1.54) is 26.3 Å². The fourth-order valence-corrected chi connectivity index (χ4v) is 3.59. The van der Waals surface area contributed by atoms with Crippen molar-refractivity contribution in [2.45, 2.75) is 11.3 Å². The number of methoxy groups -OCH3 is 1. The fourth-order valence-electron chi connectivity index (χ4n) is 1.47. The number of rotatable bonds is 6. The highest BCUT2D eigenvalue weighted by atomic mass is 79.9. The van der Waals surface area contributed by atoms with Gasteiger partial charge in [-0.3, -0.25) is 4.79 Å². The van der Waals surface area contributed by atoms with E-state index in [1.54, 1.807) is 0 Å². The van der Waals surface area contributed by atoms with E-state index in [4.69, 9.17) is 5.11 Å². The second kappa shape index (κ2) is 7.01. The molecule has 1 aromatic rings. The number of carbonyl (C=O) groups is 2. The minimum atomic E-state index is -3.91. The lowest BCUT2D eigenvalue weighted by molar-refractivity contribution is -0.140. The summed E-state index contributed by atoms with van der Waals surface area (Å²) in [6, 6.07) is 3.71. The first-order valence-electron chi connectivity index (χ1n) is 5.76. The number of hydrogen-bond acceptors (Lipinski definition) is 5. The summed E-state index contributed by atoms with van der Waals surface area (Å²) in [4.78, 5) is 21.8. The molecule has 0 aliphatic rings. The van der Waals surface area contributed by atoms with E-state index < -0.39 is 22.0 Å². The van der Waals surface area contributed by atoms with E-state index in [9.17, 15) is 18.0 Å². The molecule has 0 aliphatic heterocycles. The Balaban J connectivity index is 3.09. The van der Waals surface area contributed by atoms with Crippen LogP contribution in [0.5, 0.6) is 0 Å². The van der Waals surface area contributed by atoms with Gasteiger partial charge in [-0.05, 0) is 34.1 Å². The molecule has 0 fully saturated rings. The van der Waals surface area contributed by atoms with Crippen molar-refractivity contribution in [3.8, 4) is 0 Å². The summed E-state index contributed by atoms with van der Waals surface area (Å²) in [5.41, 5.74) is -0.141. The lowest BCUT2D eigenvalue weighted by Crippen LogP contribution is -2.29. The van der Waals surface area contributed by atoms with Crippen molar-refractivity contribution < 1.29 is 27.9 Å². The van der Waals surface area contributed by atoms with Crippen molar-refractivity contribution in [2.24, 2.45) is 0 Å². The Morgan fingerprint density at radius 3 is 2.52 bits per heavy atom. The highest BCUT2D eigenvalue weighted by molar-refractivity contribution is 9.10.